The van der Waals surface area contributed by atoms with Crippen LogP contribution in [0, 0.1) is 5.92 Å². The van der Waals surface area contributed by atoms with Gasteiger partial charge in [-0.25, -0.2) is 0 Å². The Morgan fingerprint density at radius 2 is 1.90 bits per heavy atom. The Morgan fingerprint density at radius 3 is 2.65 bits per heavy atom. The van der Waals surface area contributed by atoms with Gasteiger partial charge in [0.1, 0.15) is 6.10 Å². The molecule has 1 aliphatic heterocycles. The zero-order valence-electron chi connectivity index (χ0n) is 18.2. The number of hydrogen-bond donors (Lipinski definition) is 1. The summed E-state index contributed by atoms with van der Waals surface area (Å²) >= 11 is 0. The van der Waals surface area contributed by atoms with Crippen LogP contribution in [0.2, 0.25) is 0 Å². The summed E-state index contributed by atoms with van der Waals surface area (Å²) in [5.41, 5.74) is 6.90. The summed E-state index contributed by atoms with van der Waals surface area (Å²) in [5, 5.41) is 0. The molecule has 1 unspecified atom stereocenters. The summed E-state index contributed by atoms with van der Waals surface area (Å²) in [4.78, 5) is 18.5. The molecule has 1 aromatic heterocycles. The maximum atomic E-state index is 12.9. The molecule has 1 atom stereocenters. The highest BCUT2D eigenvalue weighted by Crippen LogP contribution is 2.44. The Bertz CT molecular complexity index is 1180. The topological polar surface area (TPSA) is 79.5 Å². The van der Waals surface area contributed by atoms with Crippen LogP contribution >= 0.6 is 0 Å². The van der Waals surface area contributed by atoms with Crippen molar-refractivity contribution >= 4 is 10.1 Å². The van der Waals surface area contributed by atoms with Crippen LogP contribution in [0.1, 0.15) is 66.5 Å². The molecule has 5 rings (SSSR count). The van der Waals surface area contributed by atoms with Crippen molar-refractivity contribution in [3.8, 4) is 11.3 Å². The summed E-state index contributed by atoms with van der Waals surface area (Å²) in [6, 6.07) is 6.33. The van der Waals surface area contributed by atoms with Gasteiger partial charge in [0.25, 0.3) is 15.7 Å². The van der Waals surface area contributed by atoms with E-state index in [0.29, 0.717) is 24.8 Å². The molecule has 0 radical (unpaired) electrons. The predicted octanol–water partition coefficient (Wildman–Crippen LogP) is 3.53. The molecule has 3 aliphatic rings. The van der Waals surface area contributed by atoms with E-state index in [1.54, 1.807) is 0 Å². The minimum Gasteiger partial charge on any atom is -0.321 e. The third kappa shape index (κ3) is 3.99. The lowest BCUT2D eigenvalue weighted by Gasteiger charge is -2.30. The standard InChI is InChI=1S/C24H30N2O4S/c1-15-9-11-26(12-10-15)14-16-5-3-6-17-19(16)13-20-22-18(24(27)25-23(17)20)7-4-8-21(22)30-31(2,28)29/h3,5-6,15,21H,4,7-14H2,1-2H3,(H,25,27). The second-order valence-electron chi connectivity index (χ2n) is 9.46. The lowest BCUT2D eigenvalue weighted by Crippen LogP contribution is -2.32. The van der Waals surface area contributed by atoms with Crippen molar-refractivity contribution in [2.45, 2.75) is 58.1 Å². The third-order valence-electron chi connectivity index (χ3n) is 7.14. The highest BCUT2D eigenvalue weighted by Gasteiger charge is 2.34. The Kier molecular flexibility index (Phi) is 5.31. The number of H-pyrrole nitrogens is 1. The highest BCUT2D eigenvalue weighted by molar-refractivity contribution is 7.86. The van der Waals surface area contributed by atoms with Gasteiger partial charge in [0.15, 0.2) is 0 Å². The van der Waals surface area contributed by atoms with Crippen molar-refractivity contribution in [2.75, 3.05) is 19.3 Å². The van der Waals surface area contributed by atoms with Gasteiger partial charge < -0.3 is 4.98 Å². The fraction of sp³-hybridized carbons (Fsp3) is 0.542. The summed E-state index contributed by atoms with van der Waals surface area (Å²) < 4.78 is 29.3. The molecule has 0 spiro atoms. The van der Waals surface area contributed by atoms with Gasteiger partial charge in [-0.2, -0.15) is 8.42 Å². The molecule has 1 aromatic carbocycles. The lowest BCUT2D eigenvalue weighted by atomic mass is 9.86. The van der Waals surface area contributed by atoms with E-state index in [2.05, 4.69) is 35.0 Å². The second-order valence-corrected chi connectivity index (χ2v) is 11.1. The van der Waals surface area contributed by atoms with Crippen LogP contribution in [-0.2, 0) is 33.7 Å². The monoisotopic (exact) mass is 442 g/mol. The molecule has 0 bridgehead atoms. The minimum absolute atomic E-state index is 0.112. The fourth-order valence-corrected chi connectivity index (χ4v) is 6.15. The average Bonchev–Trinajstić information content (AvgIpc) is 3.08. The van der Waals surface area contributed by atoms with Gasteiger partial charge in [0.2, 0.25) is 0 Å². The molecule has 0 saturated carbocycles. The van der Waals surface area contributed by atoms with Crippen LogP contribution < -0.4 is 5.56 Å². The number of fused-ring (bicyclic) bond motifs is 5. The number of likely N-dealkylation sites (tertiary alicyclic amines) is 1. The van der Waals surface area contributed by atoms with Crippen molar-refractivity contribution in [1.82, 2.24) is 9.88 Å². The van der Waals surface area contributed by atoms with Crippen LogP contribution in [0.3, 0.4) is 0 Å². The molecule has 6 nitrogen and oxygen atoms in total. The first kappa shape index (κ1) is 20.9. The molecule has 1 fully saturated rings. The molecule has 2 aromatic rings. The molecule has 1 N–H and O–H groups in total. The smallest absolute Gasteiger partial charge is 0.264 e. The van der Waals surface area contributed by atoms with Crippen LogP contribution in [0.15, 0.2) is 23.0 Å². The molecular weight excluding hydrogens is 412 g/mol. The number of nitrogens with zero attached hydrogens (tertiary/aromatic N) is 1. The van der Waals surface area contributed by atoms with Crippen molar-refractivity contribution in [3.05, 3.63) is 56.4 Å². The van der Waals surface area contributed by atoms with Gasteiger partial charge in [-0.1, -0.05) is 25.1 Å². The zero-order chi connectivity index (χ0) is 21.8. The summed E-state index contributed by atoms with van der Waals surface area (Å²) in [5.74, 6) is 0.797. The van der Waals surface area contributed by atoms with E-state index in [4.69, 9.17) is 4.18 Å². The van der Waals surface area contributed by atoms with Gasteiger partial charge in [-0.3, -0.25) is 13.9 Å². The van der Waals surface area contributed by atoms with Gasteiger partial charge in [-0.15, -0.1) is 0 Å². The van der Waals surface area contributed by atoms with E-state index in [0.717, 1.165) is 60.6 Å². The van der Waals surface area contributed by atoms with Gasteiger partial charge in [0.05, 0.1) is 11.9 Å². The SMILES string of the molecule is CC1CCN(Cc2cccc3c2Cc2c-3[nH]c(=O)c3c2C(OS(C)(=O)=O)CCC3)CC1. The van der Waals surface area contributed by atoms with E-state index >= 15 is 0 Å². The number of pyridine rings is 1. The number of piperidine rings is 1. The average molecular weight is 443 g/mol. The summed E-state index contributed by atoms with van der Waals surface area (Å²) in [6.07, 6.45) is 5.73. The van der Waals surface area contributed by atoms with Crippen molar-refractivity contribution in [2.24, 2.45) is 5.92 Å². The van der Waals surface area contributed by atoms with Crippen molar-refractivity contribution in [1.29, 1.82) is 0 Å². The second kappa shape index (κ2) is 7.87. The van der Waals surface area contributed by atoms with Crippen molar-refractivity contribution < 1.29 is 12.6 Å². The van der Waals surface area contributed by atoms with Crippen LogP contribution in [0.4, 0.5) is 0 Å². The largest absolute Gasteiger partial charge is 0.321 e. The van der Waals surface area contributed by atoms with Crippen LogP contribution in [-0.4, -0.2) is 37.6 Å². The summed E-state index contributed by atoms with van der Waals surface area (Å²) in [6.45, 7) is 5.48. The normalized spacial score (nSPS) is 21.5. The number of aromatic nitrogens is 1. The van der Waals surface area contributed by atoms with E-state index in [9.17, 15) is 13.2 Å². The molecule has 2 aliphatic carbocycles. The summed E-state index contributed by atoms with van der Waals surface area (Å²) in [7, 11) is -3.61. The van der Waals surface area contributed by atoms with E-state index in [1.807, 2.05) is 0 Å². The Hall–Kier alpha value is -1.96. The first-order chi connectivity index (χ1) is 14.8. The predicted molar refractivity (Wildman–Crippen MR) is 121 cm³/mol. The number of hydrogen-bond acceptors (Lipinski definition) is 5. The number of nitrogens with one attached hydrogen (secondary N) is 1. The van der Waals surface area contributed by atoms with Gasteiger partial charge >= 0.3 is 0 Å². The van der Waals surface area contributed by atoms with Crippen LogP contribution in [0.5, 0.6) is 0 Å². The van der Waals surface area contributed by atoms with E-state index in [1.165, 1.54) is 24.0 Å². The highest BCUT2D eigenvalue weighted by atomic mass is 32.2. The first-order valence-electron chi connectivity index (χ1n) is 11.3. The van der Waals surface area contributed by atoms with E-state index in [-0.39, 0.29) is 5.56 Å². The lowest BCUT2D eigenvalue weighted by molar-refractivity contribution is 0.185. The number of benzene rings is 1. The molecule has 31 heavy (non-hydrogen) atoms. The Morgan fingerprint density at radius 1 is 1.13 bits per heavy atom. The molecule has 0 amide bonds. The zero-order valence-corrected chi connectivity index (χ0v) is 19.1. The maximum Gasteiger partial charge on any atom is 0.264 e. The van der Waals surface area contributed by atoms with Gasteiger partial charge in [-0.05, 0) is 73.4 Å². The minimum atomic E-state index is -3.61. The van der Waals surface area contributed by atoms with Gasteiger partial charge in [0, 0.05) is 24.1 Å². The Balaban J connectivity index is 1.54. The molecular formula is C24H30N2O4S. The maximum absolute atomic E-state index is 12.9. The number of rotatable bonds is 4. The Labute approximate surface area is 183 Å². The first-order valence-corrected chi connectivity index (χ1v) is 13.1. The molecule has 2 heterocycles. The fourth-order valence-electron chi connectivity index (χ4n) is 5.53. The molecule has 7 heteroatoms. The third-order valence-corrected chi connectivity index (χ3v) is 7.72. The van der Waals surface area contributed by atoms with E-state index < -0.39 is 16.2 Å². The molecule has 1 saturated heterocycles. The van der Waals surface area contributed by atoms with Crippen molar-refractivity contribution in [3.63, 3.8) is 0 Å². The van der Waals surface area contributed by atoms with Crippen LogP contribution in [0.25, 0.3) is 11.3 Å². The molecule has 166 valence electrons. The number of aromatic amines is 1. The quantitative estimate of drug-likeness (QED) is 0.626.